The molecule has 0 unspecified atom stereocenters. The minimum atomic E-state index is -1.36. The van der Waals surface area contributed by atoms with E-state index < -0.39 is 11.2 Å². The maximum Gasteiger partial charge on any atom is 0.247 e. The third-order valence-electron chi connectivity index (χ3n) is 3.63. The van der Waals surface area contributed by atoms with Gasteiger partial charge in [-0.3, -0.25) is 9.59 Å². The lowest BCUT2D eigenvalue weighted by Crippen LogP contribution is -2.31. The fourth-order valence-corrected chi connectivity index (χ4v) is 3.58. The number of anilines is 2. The van der Waals surface area contributed by atoms with Crippen LogP contribution in [0.25, 0.3) is 0 Å². The minimum Gasteiger partial charge on any atom is -0.545 e. The second kappa shape index (κ2) is 6.37. The fourth-order valence-electron chi connectivity index (χ4n) is 2.48. The third kappa shape index (κ3) is 2.98. The Morgan fingerprint density at radius 1 is 1.17 bits per heavy atom. The molecule has 0 bridgehead atoms. The Hall–Kier alpha value is -2.80. The third-order valence-corrected chi connectivity index (χ3v) is 4.91. The summed E-state index contributed by atoms with van der Waals surface area (Å²) in [6.07, 6.45) is 0.0351. The second-order valence-corrected chi connectivity index (χ2v) is 6.50. The Kier molecular flexibility index (Phi) is 4.26. The molecule has 3 rings (SSSR count). The summed E-state index contributed by atoms with van der Waals surface area (Å²) in [5.74, 6) is -2.12. The van der Waals surface area contributed by atoms with Gasteiger partial charge in [-0.05, 0) is 29.8 Å². The quantitative estimate of drug-likeness (QED) is 0.659. The maximum atomic E-state index is 12.6. The number of carboxylic acid groups (broad SMARTS) is 1. The van der Waals surface area contributed by atoms with E-state index in [-0.39, 0.29) is 29.5 Å². The normalized spacial score (nSPS) is 17.3. The minimum absolute atomic E-state index is 0.0351. The molecule has 0 aliphatic carbocycles. The monoisotopic (exact) mass is 341 g/mol. The van der Waals surface area contributed by atoms with E-state index in [0.717, 1.165) is 9.80 Å². The van der Waals surface area contributed by atoms with Gasteiger partial charge < -0.3 is 15.6 Å². The van der Waals surface area contributed by atoms with Crippen molar-refractivity contribution >= 4 is 40.9 Å². The van der Waals surface area contributed by atoms with E-state index in [1.165, 1.54) is 36.0 Å². The lowest BCUT2D eigenvalue weighted by Gasteiger charge is -2.16. The number of imide groups is 1. The Labute approximate surface area is 142 Å². The van der Waals surface area contributed by atoms with Crippen molar-refractivity contribution in [1.82, 2.24) is 0 Å². The molecule has 2 N–H and O–H groups in total. The number of para-hydroxylation sites is 1. The van der Waals surface area contributed by atoms with Crippen molar-refractivity contribution in [3.8, 4) is 0 Å². The van der Waals surface area contributed by atoms with Crippen LogP contribution in [0.4, 0.5) is 11.4 Å². The predicted octanol–water partition coefficient (Wildman–Crippen LogP) is 1.06. The van der Waals surface area contributed by atoms with Gasteiger partial charge in [-0.25, -0.2) is 4.90 Å². The van der Waals surface area contributed by atoms with Gasteiger partial charge in [0.25, 0.3) is 0 Å². The number of hydrogen-bond donors (Lipinski definition) is 1. The van der Waals surface area contributed by atoms with Crippen LogP contribution in [0.3, 0.4) is 0 Å². The van der Waals surface area contributed by atoms with Crippen LogP contribution in [-0.2, 0) is 9.59 Å². The van der Waals surface area contributed by atoms with Crippen molar-refractivity contribution in [3.05, 3.63) is 54.1 Å². The number of nitrogen functional groups attached to an aromatic ring is 1. The molecule has 1 saturated heterocycles. The van der Waals surface area contributed by atoms with Crippen LogP contribution >= 0.6 is 11.8 Å². The summed E-state index contributed by atoms with van der Waals surface area (Å²) in [7, 11) is 0. The highest BCUT2D eigenvalue weighted by Gasteiger charge is 2.40. The summed E-state index contributed by atoms with van der Waals surface area (Å²) in [5, 5.41) is 10.4. The molecule has 122 valence electrons. The van der Waals surface area contributed by atoms with Crippen molar-refractivity contribution in [2.75, 3.05) is 10.6 Å². The molecule has 24 heavy (non-hydrogen) atoms. The molecule has 2 aromatic carbocycles. The molecule has 0 saturated carbocycles. The van der Waals surface area contributed by atoms with Crippen molar-refractivity contribution in [2.24, 2.45) is 0 Å². The van der Waals surface area contributed by atoms with Crippen LogP contribution in [0.15, 0.2) is 53.4 Å². The van der Waals surface area contributed by atoms with Gasteiger partial charge in [0.1, 0.15) is 0 Å². The number of amides is 2. The fraction of sp³-hybridized carbons (Fsp3) is 0.118. The molecule has 6 nitrogen and oxygen atoms in total. The van der Waals surface area contributed by atoms with Crippen molar-refractivity contribution in [3.63, 3.8) is 0 Å². The summed E-state index contributed by atoms with van der Waals surface area (Å²) in [5.41, 5.74) is 6.56. The number of nitrogens with zero attached hydrogens (tertiary/aromatic N) is 1. The number of carbonyl (C=O) groups excluding carboxylic acids is 3. The summed E-state index contributed by atoms with van der Waals surface area (Å²) < 4.78 is 0. The van der Waals surface area contributed by atoms with E-state index in [1.807, 2.05) is 0 Å². The lowest BCUT2D eigenvalue weighted by atomic mass is 10.2. The molecule has 1 aliphatic heterocycles. The number of carbonyl (C=O) groups is 3. The van der Waals surface area contributed by atoms with E-state index in [4.69, 9.17) is 5.73 Å². The van der Waals surface area contributed by atoms with E-state index in [2.05, 4.69) is 0 Å². The van der Waals surface area contributed by atoms with E-state index in [0.29, 0.717) is 5.69 Å². The first-order chi connectivity index (χ1) is 11.5. The van der Waals surface area contributed by atoms with Gasteiger partial charge in [0, 0.05) is 17.0 Å². The predicted molar refractivity (Wildman–Crippen MR) is 88.4 cm³/mol. The largest absolute Gasteiger partial charge is 0.545 e. The average molecular weight is 341 g/mol. The van der Waals surface area contributed by atoms with Crippen LogP contribution in [0.5, 0.6) is 0 Å². The summed E-state index contributed by atoms with van der Waals surface area (Å²) in [6.45, 7) is 0. The maximum absolute atomic E-state index is 12.6. The molecule has 1 aliphatic rings. The van der Waals surface area contributed by atoms with Crippen molar-refractivity contribution < 1.29 is 19.5 Å². The van der Waals surface area contributed by atoms with Crippen LogP contribution in [0, 0.1) is 0 Å². The molecule has 2 aromatic rings. The van der Waals surface area contributed by atoms with Crippen molar-refractivity contribution in [2.45, 2.75) is 16.6 Å². The van der Waals surface area contributed by atoms with Crippen molar-refractivity contribution in [1.29, 1.82) is 0 Å². The molecule has 1 fully saturated rings. The van der Waals surface area contributed by atoms with Gasteiger partial charge in [0.2, 0.25) is 11.8 Å². The molecule has 0 radical (unpaired) electrons. The molecule has 1 atom stereocenters. The van der Waals surface area contributed by atoms with Gasteiger partial charge in [0.05, 0.1) is 16.9 Å². The summed E-state index contributed by atoms with van der Waals surface area (Å²) in [6, 6.07) is 12.7. The second-order valence-electron chi connectivity index (χ2n) is 5.25. The molecular formula is C17H13N2O4S-. The zero-order chi connectivity index (χ0) is 17.3. The molecule has 2 amide bonds. The van der Waals surface area contributed by atoms with E-state index in [9.17, 15) is 19.5 Å². The first kappa shape index (κ1) is 16.1. The highest BCUT2D eigenvalue weighted by atomic mass is 32.2. The van der Waals surface area contributed by atoms with Crippen LogP contribution in [0.1, 0.15) is 16.8 Å². The highest BCUT2D eigenvalue weighted by Crippen LogP contribution is 2.36. The van der Waals surface area contributed by atoms with Gasteiger partial charge in [-0.15, -0.1) is 11.8 Å². The average Bonchev–Trinajstić information content (AvgIpc) is 2.83. The molecule has 1 heterocycles. The topological polar surface area (TPSA) is 104 Å². The number of thioether (sulfide) groups is 1. The standard InChI is InChI=1S/C17H14N2O4S/c18-12-6-1-2-7-13(12)24-14-9-15(20)19(16(14)21)11-5-3-4-10(8-11)17(22)23/h1-8,14H,9,18H2,(H,22,23)/p-1/t14-/m0/s1. The summed E-state index contributed by atoms with van der Waals surface area (Å²) in [4.78, 5) is 37.5. The number of carboxylic acids is 1. The van der Waals surface area contributed by atoms with Crippen LogP contribution in [0.2, 0.25) is 0 Å². The van der Waals surface area contributed by atoms with Crippen LogP contribution in [-0.4, -0.2) is 23.0 Å². The van der Waals surface area contributed by atoms with Crippen LogP contribution < -0.4 is 15.7 Å². The molecule has 7 heteroatoms. The Morgan fingerprint density at radius 2 is 1.92 bits per heavy atom. The zero-order valence-electron chi connectivity index (χ0n) is 12.5. The Balaban J connectivity index is 1.86. The van der Waals surface area contributed by atoms with Gasteiger partial charge in [-0.1, -0.05) is 24.3 Å². The zero-order valence-corrected chi connectivity index (χ0v) is 13.3. The number of hydrogen-bond acceptors (Lipinski definition) is 6. The number of nitrogens with two attached hydrogens (primary N) is 1. The molecule has 0 spiro atoms. The number of benzene rings is 2. The van der Waals surface area contributed by atoms with Gasteiger partial charge in [-0.2, -0.15) is 0 Å². The molecular weight excluding hydrogens is 328 g/mol. The number of rotatable bonds is 4. The smallest absolute Gasteiger partial charge is 0.247 e. The number of aromatic carboxylic acids is 1. The summed E-state index contributed by atoms with van der Waals surface area (Å²) >= 11 is 1.23. The molecule has 0 aromatic heterocycles. The Morgan fingerprint density at radius 3 is 2.62 bits per heavy atom. The van der Waals surface area contributed by atoms with Gasteiger partial charge in [0.15, 0.2) is 0 Å². The highest BCUT2D eigenvalue weighted by molar-refractivity contribution is 8.00. The lowest BCUT2D eigenvalue weighted by molar-refractivity contribution is -0.255. The SMILES string of the molecule is Nc1ccccc1S[C@H]1CC(=O)N(c2cccc(C(=O)[O-])c2)C1=O. The Bertz CT molecular complexity index is 837. The first-order valence-electron chi connectivity index (χ1n) is 7.17. The van der Waals surface area contributed by atoms with Gasteiger partial charge >= 0.3 is 0 Å². The van der Waals surface area contributed by atoms with E-state index >= 15 is 0 Å². The first-order valence-corrected chi connectivity index (χ1v) is 8.04. The van der Waals surface area contributed by atoms with E-state index in [1.54, 1.807) is 24.3 Å².